The number of nitrogens with two attached hydrogens (primary N) is 1. The summed E-state index contributed by atoms with van der Waals surface area (Å²) in [5, 5.41) is 0. The molecule has 0 amide bonds. The van der Waals surface area contributed by atoms with E-state index in [9.17, 15) is 4.39 Å². The SMILES string of the molecule is CO[C@@H]1CCC[C@@H](Oc2cc(F)ccc2N)C1. The van der Waals surface area contributed by atoms with Gasteiger partial charge in [0.15, 0.2) is 0 Å². The number of hydrogen-bond acceptors (Lipinski definition) is 3. The molecule has 0 aromatic heterocycles. The van der Waals surface area contributed by atoms with Gasteiger partial charge in [0.2, 0.25) is 0 Å². The van der Waals surface area contributed by atoms with E-state index in [0.717, 1.165) is 25.7 Å². The van der Waals surface area contributed by atoms with Crippen LogP contribution in [-0.2, 0) is 4.74 Å². The van der Waals surface area contributed by atoms with Gasteiger partial charge in [-0.2, -0.15) is 0 Å². The van der Waals surface area contributed by atoms with E-state index in [0.29, 0.717) is 11.4 Å². The summed E-state index contributed by atoms with van der Waals surface area (Å²) in [6, 6.07) is 4.20. The number of halogens is 1. The number of benzene rings is 1. The zero-order valence-electron chi connectivity index (χ0n) is 9.99. The first kappa shape index (κ1) is 12.2. The van der Waals surface area contributed by atoms with Crippen molar-refractivity contribution in [1.82, 2.24) is 0 Å². The molecule has 0 saturated heterocycles. The lowest BCUT2D eigenvalue weighted by atomic mass is 9.95. The second-order valence-corrected chi connectivity index (χ2v) is 4.45. The molecule has 1 saturated carbocycles. The topological polar surface area (TPSA) is 44.5 Å². The molecule has 2 atom stereocenters. The molecule has 1 aliphatic carbocycles. The number of rotatable bonds is 3. The third kappa shape index (κ3) is 3.09. The van der Waals surface area contributed by atoms with Crippen LogP contribution in [0.5, 0.6) is 5.75 Å². The highest BCUT2D eigenvalue weighted by atomic mass is 19.1. The normalized spacial score (nSPS) is 24.6. The molecule has 0 unspecified atom stereocenters. The second kappa shape index (κ2) is 5.36. The van der Waals surface area contributed by atoms with Crippen LogP contribution >= 0.6 is 0 Å². The molecule has 0 heterocycles. The van der Waals surface area contributed by atoms with Gasteiger partial charge in [-0.3, -0.25) is 0 Å². The van der Waals surface area contributed by atoms with Gasteiger partial charge in [0.25, 0.3) is 0 Å². The number of ether oxygens (including phenoxy) is 2. The van der Waals surface area contributed by atoms with Crippen molar-refractivity contribution in [3.05, 3.63) is 24.0 Å². The minimum absolute atomic E-state index is 0.0674. The van der Waals surface area contributed by atoms with Crippen LogP contribution in [0.25, 0.3) is 0 Å². The van der Waals surface area contributed by atoms with Gasteiger partial charge >= 0.3 is 0 Å². The number of nitrogen functional groups attached to an aromatic ring is 1. The van der Waals surface area contributed by atoms with E-state index in [1.54, 1.807) is 7.11 Å². The number of hydrogen-bond donors (Lipinski definition) is 1. The summed E-state index contributed by atoms with van der Waals surface area (Å²) in [4.78, 5) is 0. The zero-order valence-corrected chi connectivity index (χ0v) is 9.99. The van der Waals surface area contributed by atoms with Crippen LogP contribution in [0.15, 0.2) is 18.2 Å². The Balaban J connectivity index is 2.02. The van der Waals surface area contributed by atoms with Crippen molar-refractivity contribution < 1.29 is 13.9 Å². The minimum Gasteiger partial charge on any atom is -0.488 e. The van der Waals surface area contributed by atoms with Crippen LogP contribution in [-0.4, -0.2) is 19.3 Å². The first-order valence-electron chi connectivity index (χ1n) is 5.93. The van der Waals surface area contributed by atoms with E-state index in [1.165, 1.54) is 18.2 Å². The quantitative estimate of drug-likeness (QED) is 0.825. The predicted octanol–water partition coefficient (Wildman–Crippen LogP) is 2.74. The van der Waals surface area contributed by atoms with E-state index < -0.39 is 0 Å². The summed E-state index contributed by atoms with van der Waals surface area (Å²) in [6.07, 6.45) is 4.25. The molecule has 4 heteroatoms. The second-order valence-electron chi connectivity index (χ2n) is 4.45. The molecule has 94 valence electrons. The zero-order chi connectivity index (χ0) is 12.3. The highest BCUT2D eigenvalue weighted by molar-refractivity contribution is 5.52. The molecular formula is C13H18FNO2. The standard InChI is InChI=1S/C13H18FNO2/c1-16-10-3-2-4-11(8-10)17-13-7-9(14)5-6-12(13)15/h5-7,10-11H,2-4,8,15H2,1H3/t10-,11-/m1/s1. The maximum absolute atomic E-state index is 13.1. The molecule has 1 aliphatic rings. The van der Waals surface area contributed by atoms with Crippen LogP contribution in [0.4, 0.5) is 10.1 Å². The Hall–Kier alpha value is -1.29. The van der Waals surface area contributed by atoms with Gasteiger partial charge < -0.3 is 15.2 Å². The van der Waals surface area contributed by atoms with Crippen molar-refractivity contribution in [1.29, 1.82) is 0 Å². The van der Waals surface area contributed by atoms with Crippen LogP contribution < -0.4 is 10.5 Å². The van der Waals surface area contributed by atoms with Gasteiger partial charge in [-0.15, -0.1) is 0 Å². The Kier molecular flexibility index (Phi) is 3.84. The van der Waals surface area contributed by atoms with Gasteiger partial charge in [-0.05, 0) is 31.4 Å². The molecule has 1 aromatic carbocycles. The van der Waals surface area contributed by atoms with Gasteiger partial charge in [-0.1, -0.05) is 0 Å². The first-order valence-corrected chi connectivity index (χ1v) is 5.93. The third-order valence-corrected chi connectivity index (χ3v) is 3.18. The fourth-order valence-corrected chi connectivity index (χ4v) is 2.21. The molecular weight excluding hydrogens is 221 g/mol. The highest BCUT2D eigenvalue weighted by Gasteiger charge is 2.23. The molecule has 17 heavy (non-hydrogen) atoms. The van der Waals surface area contributed by atoms with Crippen LogP contribution in [0.2, 0.25) is 0 Å². The van der Waals surface area contributed by atoms with E-state index in [1.807, 2.05) is 0 Å². The van der Waals surface area contributed by atoms with Gasteiger partial charge in [-0.25, -0.2) is 4.39 Å². The first-order chi connectivity index (χ1) is 8.19. The average molecular weight is 239 g/mol. The minimum atomic E-state index is -0.326. The summed E-state index contributed by atoms with van der Waals surface area (Å²) in [5.74, 6) is 0.111. The number of methoxy groups -OCH3 is 1. The van der Waals surface area contributed by atoms with Crippen molar-refractivity contribution in [2.45, 2.75) is 37.9 Å². The molecule has 2 N–H and O–H groups in total. The summed E-state index contributed by atoms with van der Waals surface area (Å²) >= 11 is 0. The third-order valence-electron chi connectivity index (χ3n) is 3.18. The highest BCUT2D eigenvalue weighted by Crippen LogP contribution is 2.29. The van der Waals surface area contributed by atoms with Gasteiger partial charge in [0.05, 0.1) is 11.8 Å². The molecule has 3 nitrogen and oxygen atoms in total. The number of anilines is 1. The summed E-state index contributed by atoms with van der Waals surface area (Å²) < 4.78 is 24.2. The van der Waals surface area contributed by atoms with Crippen molar-refractivity contribution in [3.8, 4) is 5.75 Å². The van der Waals surface area contributed by atoms with Crippen LogP contribution in [0.3, 0.4) is 0 Å². The van der Waals surface area contributed by atoms with E-state index >= 15 is 0 Å². The van der Waals surface area contributed by atoms with Crippen LogP contribution in [0.1, 0.15) is 25.7 Å². The van der Waals surface area contributed by atoms with Crippen molar-refractivity contribution >= 4 is 5.69 Å². The smallest absolute Gasteiger partial charge is 0.145 e. The molecule has 0 aliphatic heterocycles. The molecule has 1 aromatic rings. The van der Waals surface area contributed by atoms with Crippen molar-refractivity contribution in [2.75, 3.05) is 12.8 Å². The largest absolute Gasteiger partial charge is 0.488 e. The van der Waals surface area contributed by atoms with E-state index in [4.69, 9.17) is 15.2 Å². The van der Waals surface area contributed by atoms with Crippen molar-refractivity contribution in [3.63, 3.8) is 0 Å². The summed E-state index contributed by atoms with van der Waals surface area (Å²) in [5.41, 5.74) is 6.23. The molecule has 0 spiro atoms. The predicted molar refractivity (Wildman–Crippen MR) is 64.5 cm³/mol. The van der Waals surface area contributed by atoms with Gasteiger partial charge in [0, 0.05) is 19.6 Å². The molecule has 0 radical (unpaired) electrons. The Morgan fingerprint density at radius 3 is 2.82 bits per heavy atom. The maximum Gasteiger partial charge on any atom is 0.145 e. The van der Waals surface area contributed by atoms with Gasteiger partial charge in [0.1, 0.15) is 17.7 Å². The Bertz CT molecular complexity index is 384. The van der Waals surface area contributed by atoms with Crippen LogP contribution in [0, 0.1) is 5.82 Å². The fourth-order valence-electron chi connectivity index (χ4n) is 2.21. The molecule has 2 rings (SSSR count). The molecule has 0 bridgehead atoms. The van der Waals surface area contributed by atoms with E-state index in [2.05, 4.69) is 0 Å². The van der Waals surface area contributed by atoms with Crippen molar-refractivity contribution in [2.24, 2.45) is 0 Å². The monoisotopic (exact) mass is 239 g/mol. The maximum atomic E-state index is 13.1. The lowest BCUT2D eigenvalue weighted by Gasteiger charge is -2.29. The molecule has 1 fully saturated rings. The Labute approximate surface area is 101 Å². The van der Waals surface area contributed by atoms with E-state index in [-0.39, 0.29) is 18.0 Å². The Morgan fingerprint density at radius 1 is 1.29 bits per heavy atom. The summed E-state index contributed by atoms with van der Waals surface area (Å²) in [6.45, 7) is 0. The summed E-state index contributed by atoms with van der Waals surface area (Å²) in [7, 11) is 1.71. The Morgan fingerprint density at radius 2 is 2.06 bits per heavy atom. The fraction of sp³-hybridized carbons (Fsp3) is 0.538. The lowest BCUT2D eigenvalue weighted by Crippen LogP contribution is -2.29. The lowest BCUT2D eigenvalue weighted by molar-refractivity contribution is 0.0211. The average Bonchev–Trinajstić information content (AvgIpc) is 2.34.